The number of halogens is 3. The Balaban J connectivity index is 1.58. The third kappa shape index (κ3) is 2.43. The fourth-order valence-electron chi connectivity index (χ4n) is 4.65. The first-order valence-corrected chi connectivity index (χ1v) is 9.46. The van der Waals surface area contributed by atoms with Gasteiger partial charge in [-0.15, -0.1) is 0 Å². The number of imide groups is 1. The van der Waals surface area contributed by atoms with Crippen molar-refractivity contribution in [2.24, 2.45) is 5.92 Å². The van der Waals surface area contributed by atoms with Gasteiger partial charge >= 0.3 is 0 Å². The maximum Gasteiger partial charge on any atom is 0.253 e. The quantitative estimate of drug-likeness (QED) is 0.723. The number of benzene rings is 2. The lowest BCUT2D eigenvalue weighted by Gasteiger charge is -2.29. The fourth-order valence-corrected chi connectivity index (χ4v) is 4.77. The van der Waals surface area contributed by atoms with E-state index in [1.54, 1.807) is 12.1 Å². The van der Waals surface area contributed by atoms with Crippen LogP contribution in [0.25, 0.3) is 0 Å². The Morgan fingerprint density at radius 1 is 0.893 bits per heavy atom. The molecule has 3 heterocycles. The summed E-state index contributed by atoms with van der Waals surface area (Å²) in [5.74, 6) is -2.41. The molecule has 3 atom stereocenters. The standard InChI is InChI=1S/C20H16ClF2N3O2/c21-14-7-6-13(10-15(14)23)26-19(27)16-17(11-2-4-12(22)5-3-11)24-8-1-9-25(24)18(16)20(26)28/h2-7,10,16-18H,1,8-9H2/t16-,17+,18+/m1/s1. The molecule has 0 aliphatic carbocycles. The summed E-state index contributed by atoms with van der Waals surface area (Å²) < 4.78 is 27.3. The summed E-state index contributed by atoms with van der Waals surface area (Å²) in [4.78, 5) is 27.5. The van der Waals surface area contributed by atoms with Crippen LogP contribution in [0.2, 0.25) is 5.02 Å². The molecule has 0 radical (unpaired) electrons. The summed E-state index contributed by atoms with van der Waals surface area (Å²) in [5.41, 5.74) is 0.959. The van der Waals surface area contributed by atoms with Gasteiger partial charge in [0.25, 0.3) is 5.91 Å². The van der Waals surface area contributed by atoms with Crippen LogP contribution in [-0.4, -0.2) is 41.0 Å². The van der Waals surface area contributed by atoms with Crippen molar-refractivity contribution >= 4 is 29.1 Å². The number of carbonyl (C=O) groups excluding carboxylic acids is 2. The molecule has 144 valence electrons. The Bertz CT molecular complexity index is 984. The Morgan fingerprint density at radius 3 is 2.25 bits per heavy atom. The smallest absolute Gasteiger partial charge is 0.253 e. The molecule has 3 saturated heterocycles. The molecular formula is C20H16ClF2N3O2. The monoisotopic (exact) mass is 403 g/mol. The van der Waals surface area contributed by atoms with E-state index >= 15 is 0 Å². The number of carbonyl (C=O) groups is 2. The maximum atomic E-state index is 13.9. The van der Waals surface area contributed by atoms with Gasteiger partial charge in [-0.3, -0.25) is 9.59 Å². The van der Waals surface area contributed by atoms with Crippen molar-refractivity contribution in [2.75, 3.05) is 18.0 Å². The Morgan fingerprint density at radius 2 is 1.57 bits per heavy atom. The molecule has 0 spiro atoms. The summed E-state index contributed by atoms with van der Waals surface area (Å²) in [6.45, 7) is 1.39. The van der Waals surface area contributed by atoms with Crippen LogP contribution in [0.15, 0.2) is 42.5 Å². The predicted octanol–water partition coefficient (Wildman–Crippen LogP) is 3.15. The highest BCUT2D eigenvalue weighted by molar-refractivity contribution is 6.31. The van der Waals surface area contributed by atoms with E-state index in [1.807, 2.05) is 10.0 Å². The van der Waals surface area contributed by atoms with Crippen LogP contribution in [0, 0.1) is 17.6 Å². The average Bonchev–Trinajstić information content (AvgIpc) is 3.31. The van der Waals surface area contributed by atoms with Crippen molar-refractivity contribution in [3.63, 3.8) is 0 Å². The number of hydrogen-bond donors (Lipinski definition) is 0. The highest BCUT2D eigenvalue weighted by atomic mass is 35.5. The third-order valence-corrected chi connectivity index (χ3v) is 6.09. The number of rotatable bonds is 2. The van der Waals surface area contributed by atoms with Crippen molar-refractivity contribution in [1.82, 2.24) is 10.0 Å². The van der Waals surface area contributed by atoms with Gasteiger partial charge in [0, 0.05) is 13.1 Å². The molecule has 3 fully saturated rings. The number of amides is 2. The summed E-state index contributed by atoms with van der Waals surface area (Å²) in [7, 11) is 0. The van der Waals surface area contributed by atoms with Gasteiger partial charge in [0.2, 0.25) is 5.91 Å². The summed E-state index contributed by atoms with van der Waals surface area (Å²) in [6, 6.07) is 8.94. The van der Waals surface area contributed by atoms with Crippen molar-refractivity contribution in [3.8, 4) is 0 Å². The highest BCUT2D eigenvalue weighted by Crippen LogP contribution is 2.49. The zero-order chi connectivity index (χ0) is 19.6. The van der Waals surface area contributed by atoms with E-state index in [2.05, 4.69) is 0 Å². The van der Waals surface area contributed by atoms with Gasteiger partial charge in [-0.2, -0.15) is 0 Å². The first-order valence-electron chi connectivity index (χ1n) is 9.09. The average molecular weight is 404 g/mol. The minimum absolute atomic E-state index is 0.0713. The van der Waals surface area contributed by atoms with Crippen LogP contribution >= 0.6 is 11.6 Å². The van der Waals surface area contributed by atoms with Gasteiger partial charge in [0.15, 0.2) is 0 Å². The SMILES string of the molecule is O=C1[C@H]2[C@@H](C(=O)N1c1ccc(Cl)c(F)c1)N1CCCN1[C@H]2c1ccc(F)cc1. The molecule has 2 amide bonds. The van der Waals surface area contributed by atoms with Crippen LogP contribution in [-0.2, 0) is 9.59 Å². The number of fused-ring (bicyclic) bond motifs is 3. The van der Waals surface area contributed by atoms with Gasteiger partial charge in [-0.1, -0.05) is 23.7 Å². The molecule has 5 nitrogen and oxygen atoms in total. The van der Waals surface area contributed by atoms with Crippen LogP contribution in [0.4, 0.5) is 14.5 Å². The molecule has 2 aromatic carbocycles. The molecule has 0 bridgehead atoms. The van der Waals surface area contributed by atoms with Crippen LogP contribution in [0.5, 0.6) is 0 Å². The summed E-state index contributed by atoms with van der Waals surface area (Å²) >= 11 is 5.74. The predicted molar refractivity (Wildman–Crippen MR) is 98.4 cm³/mol. The molecular weight excluding hydrogens is 388 g/mol. The molecule has 8 heteroatoms. The largest absolute Gasteiger partial charge is 0.274 e. The molecule has 3 aliphatic heterocycles. The van der Waals surface area contributed by atoms with Gasteiger partial charge < -0.3 is 0 Å². The molecule has 28 heavy (non-hydrogen) atoms. The number of anilines is 1. The zero-order valence-corrected chi connectivity index (χ0v) is 15.4. The van der Waals surface area contributed by atoms with Crippen molar-refractivity contribution in [3.05, 3.63) is 64.7 Å². The van der Waals surface area contributed by atoms with Crippen molar-refractivity contribution in [1.29, 1.82) is 0 Å². The Kier molecular flexibility index (Phi) is 4.01. The molecule has 0 aromatic heterocycles. The number of hydrogen-bond acceptors (Lipinski definition) is 4. The van der Waals surface area contributed by atoms with Gasteiger partial charge in [-0.05, 0) is 42.3 Å². The number of hydrazine groups is 1. The lowest BCUT2D eigenvalue weighted by Crippen LogP contribution is -2.44. The second-order valence-corrected chi connectivity index (χ2v) is 7.66. The first-order chi connectivity index (χ1) is 13.5. The highest BCUT2D eigenvalue weighted by Gasteiger charge is 2.62. The second kappa shape index (κ2) is 6.34. The van der Waals surface area contributed by atoms with Crippen molar-refractivity contribution < 1.29 is 18.4 Å². The van der Waals surface area contributed by atoms with E-state index in [-0.39, 0.29) is 34.4 Å². The maximum absolute atomic E-state index is 13.9. The topological polar surface area (TPSA) is 43.9 Å². The molecule has 0 unspecified atom stereocenters. The van der Waals surface area contributed by atoms with Gasteiger partial charge in [0.1, 0.15) is 17.7 Å². The van der Waals surface area contributed by atoms with Crippen LogP contribution in [0.1, 0.15) is 18.0 Å². The van der Waals surface area contributed by atoms with E-state index in [0.717, 1.165) is 29.5 Å². The van der Waals surface area contributed by atoms with Gasteiger partial charge in [-0.25, -0.2) is 23.7 Å². The molecule has 3 aliphatic rings. The third-order valence-electron chi connectivity index (χ3n) is 5.78. The summed E-state index contributed by atoms with van der Waals surface area (Å²) in [5, 5.41) is 3.90. The van der Waals surface area contributed by atoms with E-state index in [4.69, 9.17) is 11.6 Å². The minimum Gasteiger partial charge on any atom is -0.274 e. The molecule has 5 rings (SSSR count). The lowest BCUT2D eigenvalue weighted by atomic mass is 9.90. The zero-order valence-electron chi connectivity index (χ0n) is 14.7. The molecule has 0 saturated carbocycles. The number of nitrogens with zero attached hydrogens (tertiary/aromatic N) is 3. The van der Waals surface area contributed by atoms with E-state index < -0.39 is 17.8 Å². The fraction of sp³-hybridized carbons (Fsp3) is 0.300. The molecule has 2 aromatic rings. The Labute approximate surface area is 165 Å². The Hall–Kier alpha value is -2.35. The normalized spacial score (nSPS) is 27.5. The van der Waals surface area contributed by atoms with Crippen LogP contribution < -0.4 is 4.90 Å². The van der Waals surface area contributed by atoms with Gasteiger partial charge in [0.05, 0.1) is 22.7 Å². The first kappa shape index (κ1) is 17.7. The van der Waals surface area contributed by atoms with Crippen molar-refractivity contribution in [2.45, 2.75) is 18.5 Å². The minimum atomic E-state index is -0.685. The van der Waals surface area contributed by atoms with E-state index in [1.165, 1.54) is 24.3 Å². The van der Waals surface area contributed by atoms with E-state index in [9.17, 15) is 18.4 Å². The second-order valence-electron chi connectivity index (χ2n) is 7.26. The molecule has 0 N–H and O–H groups in total. The summed E-state index contributed by atoms with van der Waals surface area (Å²) in [6.07, 6.45) is 0.873. The van der Waals surface area contributed by atoms with E-state index in [0.29, 0.717) is 6.54 Å². The lowest BCUT2D eigenvalue weighted by molar-refractivity contribution is -0.126. The van der Waals surface area contributed by atoms with Crippen LogP contribution in [0.3, 0.4) is 0 Å².